The van der Waals surface area contributed by atoms with Crippen LogP contribution in [-0.4, -0.2) is 54.2 Å². The van der Waals surface area contributed by atoms with Crippen molar-refractivity contribution in [3.63, 3.8) is 0 Å². The molecule has 1 atom stereocenters. The number of rotatable bonds is 5. The van der Waals surface area contributed by atoms with Crippen molar-refractivity contribution in [1.29, 1.82) is 0 Å². The average Bonchev–Trinajstić information content (AvgIpc) is 2.31. The molecule has 1 aliphatic rings. The molecule has 1 aliphatic heterocycles. The topological polar surface area (TPSA) is 81.7 Å². The Labute approximate surface area is 107 Å². The van der Waals surface area contributed by atoms with E-state index in [4.69, 9.17) is 5.11 Å². The lowest BCUT2D eigenvalue weighted by atomic mass is 10.1. The molecule has 1 rings (SSSR count). The number of carbonyl (C=O) groups excluding carboxylic acids is 1. The number of hydrogen-bond acceptors (Lipinski definition) is 3. The predicted octanol–water partition coefficient (Wildman–Crippen LogP) is 0.409. The van der Waals surface area contributed by atoms with Gasteiger partial charge in [-0.1, -0.05) is 6.08 Å². The van der Waals surface area contributed by atoms with Gasteiger partial charge in [0, 0.05) is 6.04 Å². The Morgan fingerprint density at radius 2 is 2.11 bits per heavy atom. The Morgan fingerprint density at radius 3 is 2.61 bits per heavy atom. The Bertz CT molecular complexity index is 312. The molecule has 18 heavy (non-hydrogen) atoms. The molecule has 0 aromatic heterocycles. The molecule has 1 saturated heterocycles. The molecule has 1 heterocycles. The molecular weight excluding hydrogens is 234 g/mol. The third-order valence-corrected chi connectivity index (χ3v) is 3.06. The van der Waals surface area contributed by atoms with Gasteiger partial charge in [0.15, 0.2) is 0 Å². The summed E-state index contributed by atoms with van der Waals surface area (Å²) >= 11 is 0. The van der Waals surface area contributed by atoms with Crippen LogP contribution in [0.25, 0.3) is 0 Å². The summed E-state index contributed by atoms with van der Waals surface area (Å²) in [5, 5.41) is 14.1. The van der Waals surface area contributed by atoms with Gasteiger partial charge in [0.1, 0.15) is 6.04 Å². The Balaban J connectivity index is 2.35. The maximum atomic E-state index is 11.6. The highest BCUT2D eigenvalue weighted by atomic mass is 16.4. The van der Waals surface area contributed by atoms with Crippen LogP contribution in [-0.2, 0) is 4.79 Å². The molecule has 0 aliphatic carbocycles. The number of piperidine rings is 1. The van der Waals surface area contributed by atoms with Crippen molar-refractivity contribution in [2.24, 2.45) is 0 Å². The van der Waals surface area contributed by atoms with Crippen LogP contribution >= 0.6 is 0 Å². The van der Waals surface area contributed by atoms with Crippen LogP contribution in [0.1, 0.15) is 19.3 Å². The highest BCUT2D eigenvalue weighted by Crippen LogP contribution is 2.07. The van der Waals surface area contributed by atoms with E-state index in [1.165, 1.54) is 6.08 Å². The zero-order chi connectivity index (χ0) is 13.5. The molecule has 6 heteroatoms. The maximum absolute atomic E-state index is 11.6. The number of urea groups is 1. The van der Waals surface area contributed by atoms with E-state index in [0.29, 0.717) is 0 Å². The van der Waals surface area contributed by atoms with Crippen LogP contribution in [0.4, 0.5) is 4.79 Å². The zero-order valence-corrected chi connectivity index (χ0v) is 10.7. The van der Waals surface area contributed by atoms with E-state index in [9.17, 15) is 9.59 Å². The fourth-order valence-corrected chi connectivity index (χ4v) is 1.93. The predicted molar refractivity (Wildman–Crippen MR) is 68.4 cm³/mol. The number of nitrogens with zero attached hydrogens (tertiary/aromatic N) is 1. The summed E-state index contributed by atoms with van der Waals surface area (Å²) < 4.78 is 0. The Kier molecular flexibility index (Phi) is 5.64. The molecule has 6 nitrogen and oxygen atoms in total. The second-order valence-electron chi connectivity index (χ2n) is 4.61. The number of carboxylic acid groups (broad SMARTS) is 1. The summed E-state index contributed by atoms with van der Waals surface area (Å²) in [6, 6.07) is -1.20. The van der Waals surface area contributed by atoms with Crippen LogP contribution in [0.5, 0.6) is 0 Å². The molecule has 102 valence electrons. The largest absolute Gasteiger partial charge is 0.480 e. The van der Waals surface area contributed by atoms with Crippen molar-refractivity contribution in [3.05, 3.63) is 12.7 Å². The van der Waals surface area contributed by atoms with E-state index in [1.807, 2.05) is 7.05 Å². The third kappa shape index (κ3) is 4.75. The first-order chi connectivity index (χ1) is 8.52. The van der Waals surface area contributed by atoms with E-state index >= 15 is 0 Å². The van der Waals surface area contributed by atoms with Gasteiger partial charge in [-0.25, -0.2) is 9.59 Å². The van der Waals surface area contributed by atoms with Gasteiger partial charge < -0.3 is 20.6 Å². The number of likely N-dealkylation sites (tertiary alicyclic amines) is 1. The van der Waals surface area contributed by atoms with Gasteiger partial charge in [-0.05, 0) is 39.4 Å². The lowest BCUT2D eigenvalue weighted by molar-refractivity contribution is -0.139. The number of carbonyl (C=O) groups is 2. The van der Waals surface area contributed by atoms with Crippen LogP contribution in [0.15, 0.2) is 12.7 Å². The monoisotopic (exact) mass is 255 g/mol. The molecule has 2 amide bonds. The van der Waals surface area contributed by atoms with E-state index in [0.717, 1.165) is 25.9 Å². The van der Waals surface area contributed by atoms with Crippen molar-refractivity contribution < 1.29 is 14.7 Å². The smallest absolute Gasteiger partial charge is 0.326 e. The first kappa shape index (κ1) is 14.5. The fourth-order valence-electron chi connectivity index (χ4n) is 1.93. The van der Waals surface area contributed by atoms with Crippen molar-refractivity contribution in [1.82, 2.24) is 15.5 Å². The molecule has 0 aromatic rings. The molecule has 0 saturated carbocycles. The van der Waals surface area contributed by atoms with Crippen LogP contribution < -0.4 is 10.6 Å². The van der Waals surface area contributed by atoms with Gasteiger partial charge in [-0.2, -0.15) is 0 Å². The first-order valence-corrected chi connectivity index (χ1v) is 6.12. The van der Waals surface area contributed by atoms with Gasteiger partial charge in [0.25, 0.3) is 0 Å². The number of amides is 2. The normalized spacial score (nSPS) is 18.9. The standard InChI is InChI=1S/C12H21N3O3/c1-3-4-10(11(16)17)14-12(18)13-9-5-7-15(2)8-6-9/h3,9-10H,1,4-8H2,2H3,(H,16,17)(H2,13,14,18). The van der Waals surface area contributed by atoms with Gasteiger partial charge in [-0.3, -0.25) is 0 Å². The minimum absolute atomic E-state index is 0.124. The summed E-state index contributed by atoms with van der Waals surface area (Å²) in [5.74, 6) is -1.05. The molecule has 1 unspecified atom stereocenters. The van der Waals surface area contributed by atoms with Gasteiger partial charge in [0.2, 0.25) is 0 Å². The lowest BCUT2D eigenvalue weighted by Gasteiger charge is -2.29. The van der Waals surface area contributed by atoms with Gasteiger partial charge >= 0.3 is 12.0 Å². The first-order valence-electron chi connectivity index (χ1n) is 6.12. The van der Waals surface area contributed by atoms with E-state index in [2.05, 4.69) is 22.1 Å². The minimum atomic E-state index is -1.05. The van der Waals surface area contributed by atoms with Crippen molar-refractivity contribution >= 4 is 12.0 Å². The number of aliphatic carboxylic acids is 1. The highest BCUT2D eigenvalue weighted by Gasteiger charge is 2.22. The van der Waals surface area contributed by atoms with Crippen molar-refractivity contribution in [2.75, 3.05) is 20.1 Å². The van der Waals surface area contributed by atoms with Crippen LogP contribution in [0.3, 0.4) is 0 Å². The number of nitrogens with one attached hydrogen (secondary N) is 2. The fraction of sp³-hybridized carbons (Fsp3) is 0.667. The number of carboxylic acids is 1. The summed E-state index contributed by atoms with van der Waals surface area (Å²) in [7, 11) is 2.04. The van der Waals surface area contributed by atoms with Gasteiger partial charge in [0.05, 0.1) is 0 Å². The molecule has 1 fully saturated rings. The molecular formula is C12H21N3O3. The summed E-state index contributed by atoms with van der Waals surface area (Å²) in [5.41, 5.74) is 0. The average molecular weight is 255 g/mol. The molecule has 3 N–H and O–H groups in total. The molecule has 0 spiro atoms. The Hall–Kier alpha value is -1.56. The highest BCUT2D eigenvalue weighted by molar-refractivity contribution is 5.82. The summed E-state index contributed by atoms with van der Waals surface area (Å²) in [4.78, 5) is 24.7. The maximum Gasteiger partial charge on any atom is 0.326 e. The minimum Gasteiger partial charge on any atom is -0.480 e. The number of hydrogen-bond donors (Lipinski definition) is 3. The molecule has 0 radical (unpaired) electrons. The van der Waals surface area contributed by atoms with Crippen LogP contribution in [0, 0.1) is 0 Å². The van der Waals surface area contributed by atoms with Crippen LogP contribution in [0.2, 0.25) is 0 Å². The van der Waals surface area contributed by atoms with Gasteiger partial charge in [-0.15, -0.1) is 6.58 Å². The second-order valence-corrected chi connectivity index (χ2v) is 4.61. The SMILES string of the molecule is C=CCC(NC(=O)NC1CCN(C)CC1)C(=O)O. The van der Waals surface area contributed by atoms with E-state index < -0.39 is 18.0 Å². The quantitative estimate of drug-likeness (QED) is 0.621. The van der Waals surface area contributed by atoms with Crippen molar-refractivity contribution in [3.8, 4) is 0 Å². The summed E-state index contributed by atoms with van der Waals surface area (Å²) in [6.45, 7) is 5.36. The Morgan fingerprint density at radius 1 is 1.50 bits per heavy atom. The third-order valence-electron chi connectivity index (χ3n) is 3.06. The summed E-state index contributed by atoms with van der Waals surface area (Å²) in [6.07, 6.45) is 3.48. The van der Waals surface area contributed by atoms with E-state index in [1.54, 1.807) is 0 Å². The van der Waals surface area contributed by atoms with Crippen molar-refractivity contribution in [2.45, 2.75) is 31.3 Å². The molecule has 0 bridgehead atoms. The van der Waals surface area contributed by atoms with E-state index in [-0.39, 0.29) is 12.5 Å². The molecule has 0 aromatic carbocycles. The zero-order valence-electron chi connectivity index (χ0n) is 10.7. The second kappa shape index (κ2) is 7.00. The lowest BCUT2D eigenvalue weighted by Crippen LogP contribution is -2.51.